The molecule has 7 nitrogen and oxygen atoms in total. The molecule has 3 aromatic rings. The standard InChI is InChI=1S/C19H14F4N4O3/c1-2-30-18(29)11-6-5-7-12(10-11)24-17(28)15-16(19(21,22)23)27(26-25-15)14-9-4-3-8-13(14)20/h3-10H,2H2,1H3,(H,24,28). The first kappa shape index (κ1) is 21.0. The van der Waals surface area contributed by atoms with Crippen LogP contribution in [0, 0.1) is 5.82 Å². The molecule has 1 aromatic heterocycles. The van der Waals surface area contributed by atoms with Gasteiger partial charge in [-0.15, -0.1) is 5.10 Å². The van der Waals surface area contributed by atoms with Crippen LogP contribution in [0.25, 0.3) is 5.69 Å². The quantitative estimate of drug-likeness (QED) is 0.499. The molecule has 30 heavy (non-hydrogen) atoms. The number of esters is 1. The lowest BCUT2D eigenvalue weighted by atomic mass is 10.2. The smallest absolute Gasteiger partial charge is 0.435 e. The Hall–Kier alpha value is -3.76. The molecule has 0 fully saturated rings. The summed E-state index contributed by atoms with van der Waals surface area (Å²) in [6, 6.07) is 10.1. The number of carbonyl (C=O) groups excluding carboxylic acids is 2. The molecule has 0 saturated carbocycles. The third-order valence-electron chi connectivity index (χ3n) is 3.87. The molecule has 0 saturated heterocycles. The molecule has 0 radical (unpaired) electrons. The van der Waals surface area contributed by atoms with E-state index < -0.39 is 40.9 Å². The predicted octanol–water partition coefficient (Wildman–Crippen LogP) is 3.85. The van der Waals surface area contributed by atoms with Crippen molar-refractivity contribution < 1.29 is 31.9 Å². The molecule has 0 aliphatic carbocycles. The van der Waals surface area contributed by atoms with Gasteiger partial charge in [-0.3, -0.25) is 4.79 Å². The van der Waals surface area contributed by atoms with E-state index in [9.17, 15) is 27.2 Å². The molecular formula is C19H14F4N4O3. The second-order valence-electron chi connectivity index (χ2n) is 5.90. The molecule has 1 N–H and O–H groups in total. The SMILES string of the molecule is CCOC(=O)c1cccc(NC(=O)c2nnn(-c3ccccc3F)c2C(F)(F)F)c1. The van der Waals surface area contributed by atoms with Crippen molar-refractivity contribution in [1.29, 1.82) is 0 Å². The minimum atomic E-state index is -5.05. The number of amides is 1. The van der Waals surface area contributed by atoms with Crippen molar-refractivity contribution in [2.24, 2.45) is 0 Å². The largest absolute Gasteiger partial charge is 0.462 e. The van der Waals surface area contributed by atoms with E-state index in [4.69, 9.17) is 4.74 Å². The number of ether oxygens (including phenoxy) is 1. The summed E-state index contributed by atoms with van der Waals surface area (Å²) < 4.78 is 60.0. The minimum absolute atomic E-state index is 0.0409. The van der Waals surface area contributed by atoms with E-state index in [1.165, 1.54) is 36.4 Å². The van der Waals surface area contributed by atoms with Crippen molar-refractivity contribution >= 4 is 17.6 Å². The van der Waals surface area contributed by atoms with Crippen LogP contribution in [-0.4, -0.2) is 33.5 Å². The maximum Gasteiger partial charge on any atom is 0.435 e. The highest BCUT2D eigenvalue weighted by atomic mass is 19.4. The highest BCUT2D eigenvalue weighted by Gasteiger charge is 2.42. The predicted molar refractivity (Wildman–Crippen MR) is 96.7 cm³/mol. The minimum Gasteiger partial charge on any atom is -0.462 e. The third kappa shape index (κ3) is 4.29. The van der Waals surface area contributed by atoms with E-state index in [1.54, 1.807) is 6.92 Å². The molecule has 2 aromatic carbocycles. The van der Waals surface area contributed by atoms with E-state index in [1.807, 2.05) is 0 Å². The Bertz CT molecular complexity index is 1100. The molecule has 0 atom stereocenters. The third-order valence-corrected chi connectivity index (χ3v) is 3.87. The van der Waals surface area contributed by atoms with Gasteiger partial charge in [0.1, 0.15) is 11.5 Å². The van der Waals surface area contributed by atoms with Gasteiger partial charge < -0.3 is 10.1 Å². The molecule has 156 valence electrons. The van der Waals surface area contributed by atoms with Gasteiger partial charge in [-0.25, -0.2) is 13.9 Å². The van der Waals surface area contributed by atoms with E-state index in [2.05, 4.69) is 15.6 Å². The molecule has 0 aliphatic heterocycles. The molecule has 3 rings (SSSR count). The normalized spacial score (nSPS) is 11.2. The fraction of sp³-hybridized carbons (Fsp3) is 0.158. The van der Waals surface area contributed by atoms with E-state index in [0.717, 1.165) is 12.1 Å². The van der Waals surface area contributed by atoms with Crippen LogP contribution in [0.2, 0.25) is 0 Å². The van der Waals surface area contributed by atoms with Crippen molar-refractivity contribution in [2.45, 2.75) is 13.1 Å². The first-order valence-corrected chi connectivity index (χ1v) is 8.58. The number of nitrogens with one attached hydrogen (secondary N) is 1. The zero-order valence-corrected chi connectivity index (χ0v) is 15.4. The van der Waals surface area contributed by atoms with Crippen LogP contribution in [-0.2, 0) is 10.9 Å². The topological polar surface area (TPSA) is 86.1 Å². The van der Waals surface area contributed by atoms with Crippen LogP contribution >= 0.6 is 0 Å². The lowest BCUT2D eigenvalue weighted by Crippen LogP contribution is -2.21. The number of para-hydroxylation sites is 1. The fourth-order valence-corrected chi connectivity index (χ4v) is 2.61. The Kier molecular flexibility index (Phi) is 5.81. The zero-order chi connectivity index (χ0) is 21.9. The molecular weight excluding hydrogens is 408 g/mol. The number of halogens is 4. The number of hydrogen-bond donors (Lipinski definition) is 1. The number of nitrogens with zero attached hydrogens (tertiary/aromatic N) is 3. The summed E-state index contributed by atoms with van der Waals surface area (Å²) in [5.74, 6) is -2.86. The van der Waals surface area contributed by atoms with Crippen LogP contribution in [0.1, 0.15) is 33.5 Å². The Labute approximate surface area is 167 Å². The monoisotopic (exact) mass is 422 g/mol. The average molecular weight is 422 g/mol. The molecule has 1 heterocycles. The zero-order valence-electron chi connectivity index (χ0n) is 15.4. The van der Waals surface area contributed by atoms with Crippen molar-refractivity contribution in [3.05, 3.63) is 71.3 Å². The number of rotatable bonds is 5. The first-order chi connectivity index (χ1) is 14.2. The maximum atomic E-state index is 14.0. The summed E-state index contributed by atoms with van der Waals surface area (Å²) in [6.07, 6.45) is -5.05. The van der Waals surface area contributed by atoms with Gasteiger partial charge >= 0.3 is 12.1 Å². The molecule has 11 heteroatoms. The van der Waals surface area contributed by atoms with Gasteiger partial charge in [-0.05, 0) is 37.3 Å². The summed E-state index contributed by atoms with van der Waals surface area (Å²) in [5.41, 5.74) is -2.96. The van der Waals surface area contributed by atoms with Gasteiger partial charge in [0.05, 0.1) is 12.2 Å². The number of alkyl halides is 3. The number of benzene rings is 2. The molecule has 1 amide bonds. The highest BCUT2D eigenvalue weighted by molar-refractivity contribution is 6.04. The Morgan fingerprint density at radius 3 is 2.53 bits per heavy atom. The lowest BCUT2D eigenvalue weighted by molar-refractivity contribution is -0.143. The Morgan fingerprint density at radius 2 is 1.87 bits per heavy atom. The maximum absolute atomic E-state index is 14.0. The van der Waals surface area contributed by atoms with Crippen molar-refractivity contribution in [3.8, 4) is 5.69 Å². The molecule has 0 bridgehead atoms. The van der Waals surface area contributed by atoms with Crippen molar-refractivity contribution in [3.63, 3.8) is 0 Å². The second-order valence-corrected chi connectivity index (χ2v) is 5.90. The van der Waals surface area contributed by atoms with Gasteiger partial charge in [-0.1, -0.05) is 23.4 Å². The van der Waals surface area contributed by atoms with Gasteiger partial charge in [0.2, 0.25) is 0 Å². The fourth-order valence-electron chi connectivity index (χ4n) is 2.61. The average Bonchev–Trinajstić information content (AvgIpc) is 3.14. The van der Waals surface area contributed by atoms with Crippen LogP contribution < -0.4 is 5.32 Å². The van der Waals surface area contributed by atoms with Crippen molar-refractivity contribution in [1.82, 2.24) is 15.0 Å². The van der Waals surface area contributed by atoms with Crippen LogP contribution in [0.15, 0.2) is 48.5 Å². The summed E-state index contributed by atoms with van der Waals surface area (Å²) >= 11 is 0. The Morgan fingerprint density at radius 1 is 1.13 bits per heavy atom. The molecule has 0 unspecified atom stereocenters. The van der Waals surface area contributed by atoms with E-state index in [0.29, 0.717) is 0 Å². The van der Waals surface area contributed by atoms with Gasteiger partial charge in [0.15, 0.2) is 11.4 Å². The van der Waals surface area contributed by atoms with Gasteiger partial charge in [0.25, 0.3) is 5.91 Å². The summed E-state index contributed by atoms with van der Waals surface area (Å²) in [6.45, 7) is 1.74. The van der Waals surface area contributed by atoms with Crippen LogP contribution in [0.3, 0.4) is 0 Å². The van der Waals surface area contributed by atoms with Crippen LogP contribution in [0.5, 0.6) is 0 Å². The van der Waals surface area contributed by atoms with E-state index in [-0.39, 0.29) is 22.5 Å². The second kappa shape index (κ2) is 8.31. The summed E-state index contributed by atoms with van der Waals surface area (Å²) in [4.78, 5) is 24.3. The van der Waals surface area contributed by atoms with Gasteiger partial charge in [-0.2, -0.15) is 13.2 Å². The summed E-state index contributed by atoms with van der Waals surface area (Å²) in [5, 5.41) is 8.86. The van der Waals surface area contributed by atoms with Crippen molar-refractivity contribution in [2.75, 3.05) is 11.9 Å². The summed E-state index contributed by atoms with van der Waals surface area (Å²) in [7, 11) is 0. The first-order valence-electron chi connectivity index (χ1n) is 8.58. The number of hydrogen-bond acceptors (Lipinski definition) is 5. The number of aromatic nitrogens is 3. The lowest BCUT2D eigenvalue weighted by Gasteiger charge is -2.12. The Balaban J connectivity index is 1.97. The molecule has 0 spiro atoms. The van der Waals surface area contributed by atoms with E-state index >= 15 is 0 Å². The highest BCUT2D eigenvalue weighted by Crippen LogP contribution is 2.33. The van der Waals surface area contributed by atoms with Crippen LogP contribution in [0.4, 0.5) is 23.2 Å². The molecule has 0 aliphatic rings. The number of anilines is 1. The van der Waals surface area contributed by atoms with Gasteiger partial charge in [0, 0.05) is 5.69 Å². The number of carbonyl (C=O) groups is 2.